The molecule has 0 saturated heterocycles. The third-order valence-electron chi connectivity index (χ3n) is 3.08. The van der Waals surface area contributed by atoms with Gasteiger partial charge in [0, 0.05) is 21.2 Å². The first-order valence-electron chi connectivity index (χ1n) is 6.07. The molecule has 0 aliphatic carbocycles. The molecule has 0 radical (unpaired) electrons. The highest BCUT2D eigenvalue weighted by Gasteiger charge is 2.22. The van der Waals surface area contributed by atoms with E-state index in [0.29, 0.717) is 0 Å². The number of rotatable bonds is 2. The summed E-state index contributed by atoms with van der Waals surface area (Å²) < 4.78 is 2.87. The Morgan fingerprint density at radius 2 is 1.00 bits per heavy atom. The number of halogens is 3. The lowest BCUT2D eigenvalue weighted by atomic mass is 10.2. The van der Waals surface area contributed by atoms with Crippen LogP contribution in [0.3, 0.4) is 0 Å². The van der Waals surface area contributed by atoms with Gasteiger partial charge in [0.15, 0.2) is 7.14 Å². The molecule has 0 amide bonds. The van der Waals surface area contributed by atoms with E-state index in [9.17, 15) is 0 Å². The molecular weight excluding hydrogens is 390 g/mol. The second kappa shape index (κ2) is 6.02. The van der Waals surface area contributed by atoms with Crippen molar-refractivity contribution in [2.24, 2.45) is 0 Å². The van der Waals surface area contributed by atoms with Crippen molar-refractivity contribution < 1.29 is 21.2 Å². The average Bonchev–Trinajstić information content (AvgIpc) is 2.32. The van der Waals surface area contributed by atoms with Crippen LogP contribution in [0.4, 0.5) is 0 Å². The van der Waals surface area contributed by atoms with Gasteiger partial charge in [0.2, 0.25) is 0 Å². The predicted octanol–water partition coefficient (Wildman–Crippen LogP) is 2.36. The van der Waals surface area contributed by atoms with Crippen molar-refractivity contribution in [2.75, 3.05) is 0 Å². The first-order valence-corrected chi connectivity index (χ1v) is 8.98. The molecule has 0 N–H and O–H groups in total. The Hall–Kier alpha value is -0.250. The summed E-state index contributed by atoms with van der Waals surface area (Å²) in [6.45, 7) is 8.40. The van der Waals surface area contributed by atoms with Gasteiger partial charge in [0.05, 0.1) is 0 Å². The Bertz CT molecular complexity index is 578. The fourth-order valence-electron chi connectivity index (χ4n) is 1.80. The number of benzene rings is 2. The van der Waals surface area contributed by atoms with Gasteiger partial charge in [-0.3, -0.25) is 0 Å². The van der Waals surface area contributed by atoms with Gasteiger partial charge in [0.25, 0.3) is 0 Å². The van der Waals surface area contributed by atoms with E-state index < -0.39 is 0 Å². The lowest BCUT2D eigenvalue weighted by molar-refractivity contribution is -0.598. The van der Waals surface area contributed by atoms with Crippen molar-refractivity contribution in [3.63, 3.8) is 0 Å². The fraction of sp³-hybridized carbons (Fsp3) is 0.250. The topological polar surface area (TPSA) is 0 Å². The zero-order valence-corrected chi connectivity index (χ0v) is 15.1. The number of hydrogen-bond donors (Lipinski definition) is 0. The van der Waals surface area contributed by atoms with Gasteiger partial charge in [-0.25, -0.2) is 0 Å². The Morgan fingerprint density at radius 3 is 1.37 bits per heavy atom. The van der Waals surface area contributed by atoms with E-state index >= 15 is 0 Å². The van der Waals surface area contributed by atoms with Crippen LogP contribution < -0.4 is 21.2 Å². The minimum atomic E-state index is -0.191. The van der Waals surface area contributed by atoms with Crippen LogP contribution in [0.15, 0.2) is 24.3 Å². The van der Waals surface area contributed by atoms with Crippen LogP contribution in [-0.4, -0.2) is 0 Å². The molecule has 100 valence electrons. The summed E-state index contributed by atoms with van der Waals surface area (Å²) in [5.41, 5.74) is 4.89. The molecule has 0 fully saturated rings. The van der Waals surface area contributed by atoms with Gasteiger partial charge < -0.3 is 0 Å². The predicted molar refractivity (Wildman–Crippen MR) is 79.2 cm³/mol. The van der Waals surface area contributed by atoms with E-state index in [1.165, 1.54) is 18.3 Å². The largest absolute Gasteiger partial charge is 0.358 e. The number of aryl methyl sites for hydroxylation is 4. The maximum Gasteiger partial charge on any atom is 0.358 e. The van der Waals surface area contributed by atoms with Gasteiger partial charge in [-0.1, -0.05) is 23.2 Å². The highest BCUT2D eigenvalue weighted by atomic mass is 127. The molecule has 19 heavy (non-hydrogen) atoms. The smallest absolute Gasteiger partial charge is 0.0840 e. The summed E-state index contributed by atoms with van der Waals surface area (Å²) in [6, 6.07) is 8.61. The van der Waals surface area contributed by atoms with E-state index in [1.54, 1.807) is 0 Å². The highest BCUT2D eigenvalue weighted by Crippen LogP contribution is 2.17. The molecule has 0 nitrogen and oxygen atoms in total. The second-order valence-corrected chi connectivity index (χ2v) is 8.47. The van der Waals surface area contributed by atoms with Crippen molar-refractivity contribution >= 4 is 23.2 Å². The van der Waals surface area contributed by atoms with Crippen LogP contribution >= 0.6 is 23.2 Å². The van der Waals surface area contributed by atoms with E-state index in [4.69, 9.17) is 23.2 Å². The van der Waals surface area contributed by atoms with Crippen molar-refractivity contribution in [3.8, 4) is 0 Å². The summed E-state index contributed by atoms with van der Waals surface area (Å²) in [5.74, 6) is 0. The molecule has 0 aliphatic heterocycles. The van der Waals surface area contributed by atoms with Crippen LogP contribution in [0.25, 0.3) is 0 Å². The Morgan fingerprint density at radius 1 is 0.632 bits per heavy atom. The van der Waals surface area contributed by atoms with Crippen LogP contribution in [-0.2, 0) is 0 Å². The van der Waals surface area contributed by atoms with E-state index in [0.717, 1.165) is 21.2 Å². The van der Waals surface area contributed by atoms with Crippen molar-refractivity contribution in [3.05, 3.63) is 63.7 Å². The van der Waals surface area contributed by atoms with Crippen LogP contribution in [0, 0.1) is 34.8 Å². The van der Waals surface area contributed by atoms with Crippen molar-refractivity contribution in [2.45, 2.75) is 27.7 Å². The molecule has 3 heteroatoms. The van der Waals surface area contributed by atoms with Gasteiger partial charge in [-0.15, -0.1) is 0 Å². The highest BCUT2D eigenvalue weighted by molar-refractivity contribution is 6.31. The van der Waals surface area contributed by atoms with E-state index in [1.807, 2.05) is 0 Å². The monoisotopic (exact) mass is 405 g/mol. The van der Waals surface area contributed by atoms with Gasteiger partial charge in [0.1, 0.15) is 0 Å². The molecule has 2 aromatic carbocycles. The molecule has 0 bridgehead atoms. The summed E-state index contributed by atoms with van der Waals surface area (Å²) in [7, 11) is 0. The molecule has 0 atom stereocenters. The van der Waals surface area contributed by atoms with Crippen molar-refractivity contribution in [1.29, 1.82) is 0 Å². The molecule has 0 heterocycles. The molecule has 2 aromatic rings. The molecule has 0 unspecified atom stereocenters. The quantitative estimate of drug-likeness (QED) is 0.673. The van der Waals surface area contributed by atoms with Gasteiger partial charge >= 0.3 is 21.2 Å². The fourth-order valence-corrected chi connectivity index (χ4v) is 5.28. The van der Waals surface area contributed by atoms with E-state index in [-0.39, 0.29) is 21.2 Å². The van der Waals surface area contributed by atoms with Crippen molar-refractivity contribution in [1.82, 2.24) is 0 Å². The maximum atomic E-state index is 6.16. The first-order chi connectivity index (χ1) is 8.88. The molecule has 2 rings (SSSR count). The Kier molecular flexibility index (Phi) is 4.80. The third-order valence-corrected chi connectivity index (χ3v) is 7.38. The van der Waals surface area contributed by atoms with E-state index in [2.05, 4.69) is 52.0 Å². The van der Waals surface area contributed by atoms with Gasteiger partial charge in [-0.2, -0.15) is 0 Å². The maximum absolute atomic E-state index is 6.16. The number of hydrogen-bond acceptors (Lipinski definition) is 0. The lowest BCUT2D eigenvalue weighted by Crippen LogP contribution is -3.62. The third kappa shape index (κ3) is 3.45. The summed E-state index contributed by atoms with van der Waals surface area (Å²) in [4.78, 5) is 0. The Balaban J connectivity index is 2.42. The molecule has 0 aromatic heterocycles. The van der Waals surface area contributed by atoms with Crippen LogP contribution in [0.2, 0.25) is 10.0 Å². The first kappa shape index (κ1) is 15.1. The second-order valence-electron chi connectivity index (χ2n) is 4.80. The molecule has 0 spiro atoms. The zero-order chi connectivity index (χ0) is 14.2. The van der Waals surface area contributed by atoms with Crippen LogP contribution in [0.1, 0.15) is 22.3 Å². The molecule has 0 aliphatic rings. The normalized spacial score (nSPS) is 10.8. The standard InChI is InChI=1S/C16H16Cl2I/c1-9-7-15(11(3)5-13(9)17)19-16-8-10(2)14(18)6-12(16)4/h5-8H,1-4H3/q+1. The Labute approximate surface area is 135 Å². The molecular formula is C16H16Cl2I+. The van der Waals surface area contributed by atoms with Crippen LogP contribution in [0.5, 0.6) is 0 Å². The summed E-state index contributed by atoms with van der Waals surface area (Å²) in [5, 5.41) is 1.71. The minimum absolute atomic E-state index is 0.191. The summed E-state index contributed by atoms with van der Waals surface area (Å²) in [6.07, 6.45) is 0. The molecule has 0 saturated carbocycles. The minimum Gasteiger partial charge on any atom is -0.0840 e. The van der Waals surface area contributed by atoms with Gasteiger partial charge in [-0.05, 0) is 63.1 Å². The lowest BCUT2D eigenvalue weighted by Gasteiger charge is -2.02. The average molecular weight is 406 g/mol. The zero-order valence-electron chi connectivity index (χ0n) is 11.4. The SMILES string of the molecule is Cc1cc([I+]c2cc(C)c(Cl)cc2C)c(C)cc1Cl. The summed E-state index contributed by atoms with van der Waals surface area (Å²) >= 11 is 12.1.